The molecule has 0 radical (unpaired) electrons. The summed E-state index contributed by atoms with van der Waals surface area (Å²) in [6, 6.07) is 7.14. The van der Waals surface area contributed by atoms with E-state index >= 15 is 0 Å². The molecule has 0 amide bonds. The van der Waals surface area contributed by atoms with Gasteiger partial charge in [0.05, 0.1) is 24.7 Å². The largest absolute Gasteiger partial charge is 0.466 e. The predicted molar refractivity (Wildman–Crippen MR) is 65.9 cm³/mol. The summed E-state index contributed by atoms with van der Waals surface area (Å²) in [6.45, 7) is 3.56. The van der Waals surface area contributed by atoms with E-state index in [0.29, 0.717) is 17.7 Å². The van der Waals surface area contributed by atoms with Crippen molar-refractivity contribution in [3.8, 4) is 6.07 Å². The Bertz CT molecular complexity index is 500. The number of hydrogen-bond donors (Lipinski definition) is 0. The molecule has 0 bridgehead atoms. The minimum absolute atomic E-state index is 0.00430. The molecule has 0 atom stereocenters. The predicted octanol–water partition coefficient (Wildman–Crippen LogP) is 1.80. The molecule has 18 heavy (non-hydrogen) atoms. The molecule has 1 rings (SSSR count). The van der Waals surface area contributed by atoms with Crippen molar-refractivity contribution in [2.75, 3.05) is 6.61 Å². The quantitative estimate of drug-likeness (QED) is 0.742. The average molecular weight is 245 g/mol. The number of ketones is 1. The molecule has 94 valence electrons. The van der Waals surface area contributed by atoms with Gasteiger partial charge in [0, 0.05) is 6.42 Å². The molecule has 1 aromatic carbocycles. The van der Waals surface area contributed by atoms with Crippen molar-refractivity contribution >= 4 is 11.8 Å². The lowest BCUT2D eigenvalue weighted by atomic mass is 9.99. The number of carbonyl (C=O) groups is 2. The molecule has 0 aliphatic carbocycles. The number of rotatable bonds is 5. The first-order chi connectivity index (χ1) is 8.56. The van der Waals surface area contributed by atoms with Crippen molar-refractivity contribution in [1.29, 1.82) is 5.26 Å². The number of ether oxygens (including phenoxy) is 1. The van der Waals surface area contributed by atoms with Crippen molar-refractivity contribution in [2.45, 2.75) is 26.7 Å². The maximum atomic E-state index is 11.3. The number of esters is 1. The van der Waals surface area contributed by atoms with Crippen LogP contribution in [0.4, 0.5) is 0 Å². The van der Waals surface area contributed by atoms with Gasteiger partial charge in [0.15, 0.2) is 0 Å². The first-order valence-corrected chi connectivity index (χ1v) is 5.73. The average Bonchev–Trinajstić information content (AvgIpc) is 2.30. The van der Waals surface area contributed by atoms with Crippen LogP contribution in [0.2, 0.25) is 0 Å². The van der Waals surface area contributed by atoms with Gasteiger partial charge in [-0.15, -0.1) is 0 Å². The van der Waals surface area contributed by atoms with Gasteiger partial charge in [-0.3, -0.25) is 9.59 Å². The van der Waals surface area contributed by atoms with E-state index in [0.717, 1.165) is 5.56 Å². The lowest BCUT2D eigenvalue weighted by Crippen LogP contribution is -2.08. The monoisotopic (exact) mass is 245 g/mol. The zero-order chi connectivity index (χ0) is 13.5. The fourth-order valence-corrected chi connectivity index (χ4v) is 1.64. The number of nitrogens with zero attached hydrogens (tertiary/aromatic N) is 1. The molecular weight excluding hydrogens is 230 g/mol. The second kappa shape index (κ2) is 6.55. The van der Waals surface area contributed by atoms with E-state index in [1.165, 1.54) is 6.92 Å². The molecule has 0 heterocycles. The SMILES string of the molecule is CCOC(=O)Cc1ccc(CC(C)=O)c(C#N)c1. The number of Topliss-reactive ketones (excluding diaryl/α,β-unsaturated/α-hetero) is 1. The van der Waals surface area contributed by atoms with Crippen LogP contribution in [0.5, 0.6) is 0 Å². The van der Waals surface area contributed by atoms with Gasteiger partial charge in [-0.25, -0.2) is 0 Å². The highest BCUT2D eigenvalue weighted by Crippen LogP contribution is 2.13. The zero-order valence-corrected chi connectivity index (χ0v) is 10.5. The standard InChI is InChI=1S/C14H15NO3/c1-3-18-14(17)8-11-4-5-12(6-10(2)16)13(7-11)9-15/h4-5,7H,3,6,8H2,1-2H3. The maximum absolute atomic E-state index is 11.3. The third-order valence-corrected chi connectivity index (χ3v) is 2.39. The first-order valence-electron chi connectivity index (χ1n) is 5.73. The molecule has 0 aliphatic heterocycles. The smallest absolute Gasteiger partial charge is 0.310 e. The molecule has 1 aromatic rings. The normalized spacial score (nSPS) is 9.61. The summed E-state index contributed by atoms with van der Waals surface area (Å²) < 4.78 is 4.84. The molecule has 0 aromatic heterocycles. The highest BCUT2D eigenvalue weighted by molar-refractivity contribution is 5.79. The minimum Gasteiger partial charge on any atom is -0.466 e. The van der Waals surface area contributed by atoms with E-state index in [-0.39, 0.29) is 24.6 Å². The van der Waals surface area contributed by atoms with Crippen molar-refractivity contribution in [3.05, 3.63) is 34.9 Å². The summed E-state index contributed by atoms with van der Waals surface area (Å²) in [6.07, 6.45) is 0.380. The van der Waals surface area contributed by atoms with Crippen LogP contribution < -0.4 is 0 Å². The van der Waals surface area contributed by atoms with Crippen LogP contribution in [0.25, 0.3) is 0 Å². The van der Waals surface area contributed by atoms with Crippen LogP contribution in [0.15, 0.2) is 18.2 Å². The van der Waals surface area contributed by atoms with Crippen molar-refractivity contribution in [1.82, 2.24) is 0 Å². The van der Waals surface area contributed by atoms with Gasteiger partial charge < -0.3 is 4.74 Å². The summed E-state index contributed by atoms with van der Waals surface area (Å²) in [5.74, 6) is -0.314. The molecule has 0 saturated heterocycles. The van der Waals surface area contributed by atoms with Gasteiger partial charge in [-0.05, 0) is 31.0 Å². The molecule has 0 aliphatic rings. The lowest BCUT2D eigenvalue weighted by Gasteiger charge is -2.05. The summed E-state index contributed by atoms with van der Waals surface area (Å²) >= 11 is 0. The number of benzene rings is 1. The fourth-order valence-electron chi connectivity index (χ4n) is 1.64. The third-order valence-electron chi connectivity index (χ3n) is 2.39. The summed E-state index contributed by atoms with van der Waals surface area (Å²) in [5.41, 5.74) is 1.85. The van der Waals surface area contributed by atoms with Gasteiger partial charge in [0.2, 0.25) is 0 Å². The maximum Gasteiger partial charge on any atom is 0.310 e. The molecule has 4 heteroatoms. The summed E-state index contributed by atoms with van der Waals surface area (Å²) in [7, 11) is 0. The van der Waals surface area contributed by atoms with E-state index in [1.54, 1.807) is 25.1 Å². The fraction of sp³-hybridized carbons (Fsp3) is 0.357. The highest BCUT2D eigenvalue weighted by Gasteiger charge is 2.09. The van der Waals surface area contributed by atoms with Gasteiger partial charge in [-0.2, -0.15) is 5.26 Å². The van der Waals surface area contributed by atoms with Crippen LogP contribution in [-0.4, -0.2) is 18.4 Å². The second-order valence-corrected chi connectivity index (χ2v) is 3.96. The van der Waals surface area contributed by atoms with Crippen LogP contribution in [-0.2, 0) is 27.2 Å². The van der Waals surface area contributed by atoms with E-state index < -0.39 is 0 Å². The molecule has 0 N–H and O–H groups in total. The number of carbonyl (C=O) groups excluding carboxylic acids is 2. The molecule has 0 spiro atoms. The number of hydrogen-bond acceptors (Lipinski definition) is 4. The van der Waals surface area contributed by atoms with Crippen molar-refractivity contribution in [3.63, 3.8) is 0 Å². The Morgan fingerprint density at radius 1 is 1.33 bits per heavy atom. The Kier molecular flexibility index (Phi) is 5.06. The van der Waals surface area contributed by atoms with Gasteiger partial charge in [0.1, 0.15) is 5.78 Å². The zero-order valence-electron chi connectivity index (χ0n) is 10.5. The van der Waals surface area contributed by atoms with E-state index in [2.05, 4.69) is 0 Å². The molecule has 0 saturated carbocycles. The highest BCUT2D eigenvalue weighted by atomic mass is 16.5. The Hall–Kier alpha value is -2.15. The van der Waals surface area contributed by atoms with E-state index in [9.17, 15) is 9.59 Å². The van der Waals surface area contributed by atoms with Crippen LogP contribution in [0.1, 0.15) is 30.5 Å². The molecular formula is C14H15NO3. The Morgan fingerprint density at radius 3 is 2.61 bits per heavy atom. The minimum atomic E-state index is -0.319. The van der Waals surface area contributed by atoms with Gasteiger partial charge >= 0.3 is 5.97 Å². The van der Waals surface area contributed by atoms with Crippen LogP contribution >= 0.6 is 0 Å². The summed E-state index contributed by atoms with van der Waals surface area (Å²) in [4.78, 5) is 22.4. The van der Waals surface area contributed by atoms with Gasteiger partial charge in [-0.1, -0.05) is 12.1 Å². The van der Waals surface area contributed by atoms with Gasteiger partial charge in [0.25, 0.3) is 0 Å². The Balaban J connectivity index is 2.89. The van der Waals surface area contributed by atoms with E-state index in [4.69, 9.17) is 10.00 Å². The molecule has 4 nitrogen and oxygen atoms in total. The van der Waals surface area contributed by atoms with Crippen molar-refractivity contribution < 1.29 is 14.3 Å². The lowest BCUT2D eigenvalue weighted by molar-refractivity contribution is -0.142. The van der Waals surface area contributed by atoms with E-state index in [1.807, 2.05) is 6.07 Å². The second-order valence-electron chi connectivity index (χ2n) is 3.96. The topological polar surface area (TPSA) is 67.2 Å². The molecule has 0 fully saturated rings. The Morgan fingerprint density at radius 2 is 2.06 bits per heavy atom. The van der Waals surface area contributed by atoms with Crippen LogP contribution in [0.3, 0.4) is 0 Å². The van der Waals surface area contributed by atoms with Crippen LogP contribution in [0, 0.1) is 11.3 Å². The molecule has 0 unspecified atom stereocenters. The van der Waals surface area contributed by atoms with Crippen molar-refractivity contribution in [2.24, 2.45) is 0 Å². The number of nitriles is 1. The summed E-state index contributed by atoms with van der Waals surface area (Å²) in [5, 5.41) is 9.02. The third kappa shape index (κ3) is 4.02. The Labute approximate surface area is 106 Å². The first kappa shape index (κ1) is 13.9.